The molecular formula is C32H34N2O6S. The van der Waals surface area contributed by atoms with E-state index in [-0.39, 0.29) is 23.6 Å². The average molecular weight is 575 g/mol. The lowest BCUT2D eigenvalue weighted by Gasteiger charge is -2.23. The average Bonchev–Trinajstić information content (AvgIpc) is 2.98. The van der Waals surface area contributed by atoms with Crippen molar-refractivity contribution in [1.82, 2.24) is 0 Å². The number of para-hydroxylation sites is 1. The van der Waals surface area contributed by atoms with Gasteiger partial charge in [0.25, 0.3) is 0 Å². The summed E-state index contributed by atoms with van der Waals surface area (Å²) in [6.45, 7) is 2.48. The van der Waals surface area contributed by atoms with Gasteiger partial charge in [-0.1, -0.05) is 92.2 Å². The molecule has 4 aromatic carbocycles. The number of ether oxygens (including phenoxy) is 3. The predicted octanol–water partition coefficient (Wildman–Crippen LogP) is 6.43. The number of primary sulfonamides is 1. The van der Waals surface area contributed by atoms with Gasteiger partial charge in [0.2, 0.25) is 10.0 Å². The van der Waals surface area contributed by atoms with Crippen LogP contribution in [0.25, 0.3) is 0 Å². The van der Waals surface area contributed by atoms with Gasteiger partial charge in [-0.15, -0.1) is 0 Å². The van der Waals surface area contributed by atoms with Gasteiger partial charge >= 0.3 is 5.97 Å². The van der Waals surface area contributed by atoms with Crippen LogP contribution in [0, 0.1) is 0 Å². The van der Waals surface area contributed by atoms with Crippen molar-refractivity contribution in [1.29, 1.82) is 0 Å². The molecule has 0 bridgehead atoms. The molecule has 0 spiro atoms. The van der Waals surface area contributed by atoms with Crippen LogP contribution in [0.4, 0.5) is 5.69 Å². The topological polar surface area (TPSA) is 117 Å². The standard InChI is InChI=1S/C32H34N2O6S/c1-3-4-20-34-28-30(39-26-18-12-7-13-19-26)25(22-38-2)21-27(31(28)41(33,36)37)32(35)40-29(23-14-8-5-9-15-23)24-16-10-6-11-17-24/h5-19,21,29,34H,3-4,20,22H2,1-2H3,(H2,33,36,37). The first-order chi connectivity index (χ1) is 19.8. The summed E-state index contributed by atoms with van der Waals surface area (Å²) in [6, 6.07) is 28.8. The number of nitrogens with one attached hydrogen (secondary N) is 1. The van der Waals surface area contributed by atoms with Crippen molar-refractivity contribution in [3.63, 3.8) is 0 Å². The molecule has 0 fully saturated rings. The Morgan fingerprint density at radius 1 is 0.902 bits per heavy atom. The summed E-state index contributed by atoms with van der Waals surface area (Å²) in [6.07, 6.45) is 0.809. The first kappa shape index (κ1) is 29.8. The summed E-state index contributed by atoms with van der Waals surface area (Å²) in [7, 11) is -2.94. The van der Waals surface area contributed by atoms with Crippen LogP contribution in [0.2, 0.25) is 0 Å². The molecule has 4 aromatic rings. The van der Waals surface area contributed by atoms with Crippen LogP contribution in [-0.2, 0) is 26.1 Å². The monoisotopic (exact) mass is 574 g/mol. The molecule has 0 atom stereocenters. The SMILES string of the molecule is CCCCNc1c(Oc2ccccc2)c(COC)cc(C(=O)OC(c2ccccc2)c2ccccc2)c1S(N)(=O)=O. The van der Waals surface area contributed by atoms with E-state index >= 15 is 0 Å². The van der Waals surface area contributed by atoms with Crippen molar-refractivity contribution < 1.29 is 27.4 Å². The maximum absolute atomic E-state index is 13.9. The second-order valence-corrected chi connectivity index (χ2v) is 10.9. The Balaban J connectivity index is 1.89. The van der Waals surface area contributed by atoms with Crippen molar-refractivity contribution in [2.75, 3.05) is 19.0 Å². The van der Waals surface area contributed by atoms with Crippen LogP contribution in [0.15, 0.2) is 102 Å². The van der Waals surface area contributed by atoms with Crippen LogP contribution < -0.4 is 15.2 Å². The molecule has 41 heavy (non-hydrogen) atoms. The van der Waals surface area contributed by atoms with Gasteiger partial charge in [0.15, 0.2) is 11.9 Å². The molecule has 0 aliphatic carbocycles. The lowest BCUT2D eigenvalue weighted by Crippen LogP contribution is -2.23. The highest BCUT2D eigenvalue weighted by atomic mass is 32.2. The molecule has 0 heterocycles. The maximum atomic E-state index is 13.9. The zero-order valence-electron chi connectivity index (χ0n) is 23.1. The number of rotatable bonds is 13. The van der Waals surface area contributed by atoms with E-state index in [1.807, 2.05) is 73.7 Å². The first-order valence-electron chi connectivity index (χ1n) is 13.3. The molecule has 0 saturated carbocycles. The fourth-order valence-electron chi connectivity index (χ4n) is 4.44. The number of methoxy groups -OCH3 is 1. The van der Waals surface area contributed by atoms with Gasteiger partial charge in [-0.25, -0.2) is 18.4 Å². The summed E-state index contributed by atoms with van der Waals surface area (Å²) in [5.74, 6) is -0.168. The molecule has 0 unspecified atom stereocenters. The molecule has 0 aliphatic rings. The number of esters is 1. The van der Waals surface area contributed by atoms with E-state index < -0.39 is 27.0 Å². The number of anilines is 1. The van der Waals surface area contributed by atoms with Crippen LogP contribution in [0.5, 0.6) is 11.5 Å². The normalized spacial score (nSPS) is 11.3. The highest BCUT2D eigenvalue weighted by Crippen LogP contribution is 2.41. The highest BCUT2D eigenvalue weighted by molar-refractivity contribution is 7.89. The lowest BCUT2D eigenvalue weighted by molar-refractivity contribution is 0.0373. The van der Waals surface area contributed by atoms with Crippen molar-refractivity contribution in [2.45, 2.75) is 37.4 Å². The molecule has 0 aliphatic heterocycles. The third-order valence-electron chi connectivity index (χ3n) is 6.34. The maximum Gasteiger partial charge on any atom is 0.340 e. The zero-order chi connectivity index (χ0) is 29.2. The van der Waals surface area contributed by atoms with Gasteiger partial charge in [0.1, 0.15) is 10.6 Å². The molecule has 0 aromatic heterocycles. The number of benzene rings is 4. The van der Waals surface area contributed by atoms with Gasteiger partial charge in [0.05, 0.1) is 17.9 Å². The highest BCUT2D eigenvalue weighted by Gasteiger charge is 2.32. The number of hydrogen-bond donors (Lipinski definition) is 2. The van der Waals surface area contributed by atoms with Gasteiger partial charge in [-0.2, -0.15) is 0 Å². The van der Waals surface area contributed by atoms with Crippen molar-refractivity contribution in [3.8, 4) is 11.5 Å². The summed E-state index contributed by atoms with van der Waals surface area (Å²) >= 11 is 0. The predicted molar refractivity (Wildman–Crippen MR) is 159 cm³/mol. The van der Waals surface area contributed by atoms with Crippen LogP contribution in [-0.4, -0.2) is 28.0 Å². The Hall–Kier alpha value is -4.18. The van der Waals surface area contributed by atoms with E-state index in [0.29, 0.717) is 17.9 Å². The first-order valence-corrected chi connectivity index (χ1v) is 14.9. The number of nitrogens with two attached hydrogens (primary N) is 1. The minimum Gasteiger partial charge on any atom is -0.455 e. The summed E-state index contributed by atoms with van der Waals surface area (Å²) < 4.78 is 44.0. The molecule has 0 radical (unpaired) electrons. The number of sulfonamides is 1. The Morgan fingerprint density at radius 3 is 1.98 bits per heavy atom. The van der Waals surface area contributed by atoms with Crippen LogP contribution >= 0.6 is 0 Å². The van der Waals surface area contributed by atoms with E-state index in [4.69, 9.17) is 19.3 Å². The van der Waals surface area contributed by atoms with Crippen molar-refractivity contribution in [2.24, 2.45) is 5.14 Å². The lowest BCUT2D eigenvalue weighted by atomic mass is 10.0. The second kappa shape index (κ2) is 13.9. The Kier molecular flexibility index (Phi) is 10.1. The van der Waals surface area contributed by atoms with Gasteiger partial charge in [0, 0.05) is 19.2 Å². The summed E-state index contributed by atoms with van der Waals surface area (Å²) in [5.41, 5.74) is 1.78. The molecule has 0 amide bonds. The second-order valence-electron chi connectivity index (χ2n) is 9.40. The van der Waals surface area contributed by atoms with E-state index in [9.17, 15) is 13.2 Å². The van der Waals surface area contributed by atoms with Gasteiger partial charge in [-0.05, 0) is 35.7 Å². The third kappa shape index (κ3) is 7.52. The quantitative estimate of drug-likeness (QED) is 0.140. The molecule has 4 rings (SSSR count). The number of carbonyl (C=O) groups excluding carboxylic acids is 1. The minimum absolute atomic E-state index is 0.0383. The Labute approximate surface area is 241 Å². The smallest absolute Gasteiger partial charge is 0.340 e. The van der Waals surface area contributed by atoms with Crippen LogP contribution in [0.3, 0.4) is 0 Å². The summed E-state index contributed by atoms with van der Waals surface area (Å²) in [5, 5.41) is 8.95. The number of unbranched alkanes of at least 4 members (excludes halogenated alkanes) is 1. The number of hydrogen-bond acceptors (Lipinski definition) is 7. The van der Waals surface area contributed by atoms with Gasteiger partial charge in [-0.3, -0.25) is 0 Å². The largest absolute Gasteiger partial charge is 0.455 e. The van der Waals surface area contributed by atoms with E-state index in [1.54, 1.807) is 24.3 Å². The van der Waals surface area contributed by atoms with Crippen LogP contribution in [0.1, 0.15) is 52.9 Å². The molecule has 3 N–H and O–H groups in total. The van der Waals surface area contributed by atoms with E-state index in [0.717, 1.165) is 24.0 Å². The Bertz CT molecular complexity index is 1510. The Morgan fingerprint density at radius 2 is 1.46 bits per heavy atom. The van der Waals surface area contributed by atoms with Crippen molar-refractivity contribution in [3.05, 3.63) is 119 Å². The van der Waals surface area contributed by atoms with E-state index in [1.165, 1.54) is 13.2 Å². The van der Waals surface area contributed by atoms with Gasteiger partial charge < -0.3 is 19.5 Å². The van der Waals surface area contributed by atoms with Crippen molar-refractivity contribution >= 4 is 21.7 Å². The summed E-state index contributed by atoms with van der Waals surface area (Å²) in [4.78, 5) is 13.5. The fraction of sp³-hybridized carbons (Fsp3) is 0.219. The third-order valence-corrected chi connectivity index (χ3v) is 7.33. The fourth-order valence-corrected chi connectivity index (χ4v) is 5.34. The molecule has 8 nitrogen and oxygen atoms in total. The molecule has 214 valence electrons. The molecular weight excluding hydrogens is 540 g/mol. The molecule has 9 heteroatoms. The molecule has 0 saturated heterocycles. The number of carbonyl (C=O) groups is 1. The minimum atomic E-state index is -4.44. The zero-order valence-corrected chi connectivity index (χ0v) is 23.9. The van der Waals surface area contributed by atoms with E-state index in [2.05, 4.69) is 5.32 Å².